The van der Waals surface area contributed by atoms with E-state index < -0.39 is 0 Å². The van der Waals surface area contributed by atoms with E-state index in [-0.39, 0.29) is 12.1 Å². The van der Waals surface area contributed by atoms with Crippen LogP contribution in [0.2, 0.25) is 0 Å². The van der Waals surface area contributed by atoms with Gasteiger partial charge in [0, 0.05) is 5.54 Å². The Balaban J connectivity index is 2.08. The SMILES string of the molecule is CN(Cc1nc(-c2ccco2)no1)C(C)(C)CO. The fraction of sp³-hybridized carbons (Fsp3) is 0.500. The summed E-state index contributed by atoms with van der Waals surface area (Å²) in [6.07, 6.45) is 1.56. The lowest BCUT2D eigenvalue weighted by atomic mass is 10.1. The monoisotopic (exact) mass is 251 g/mol. The topological polar surface area (TPSA) is 75.5 Å². The molecule has 18 heavy (non-hydrogen) atoms. The minimum atomic E-state index is -0.334. The van der Waals surface area contributed by atoms with Crippen LogP contribution < -0.4 is 0 Å². The summed E-state index contributed by atoms with van der Waals surface area (Å²) in [6.45, 7) is 4.41. The Morgan fingerprint density at radius 2 is 2.22 bits per heavy atom. The summed E-state index contributed by atoms with van der Waals surface area (Å²) in [5.74, 6) is 1.50. The van der Waals surface area contributed by atoms with Gasteiger partial charge in [0.15, 0.2) is 5.76 Å². The average molecular weight is 251 g/mol. The molecule has 2 aromatic rings. The van der Waals surface area contributed by atoms with Gasteiger partial charge in [0.1, 0.15) is 0 Å². The maximum absolute atomic E-state index is 9.27. The molecule has 2 rings (SSSR count). The molecule has 0 bridgehead atoms. The van der Waals surface area contributed by atoms with Crippen molar-refractivity contribution in [2.75, 3.05) is 13.7 Å². The molecule has 0 aliphatic heterocycles. The predicted molar refractivity (Wildman–Crippen MR) is 64.6 cm³/mol. The predicted octanol–water partition coefficient (Wildman–Crippen LogP) is 1.53. The molecule has 0 spiro atoms. The van der Waals surface area contributed by atoms with E-state index in [2.05, 4.69) is 10.1 Å². The number of aliphatic hydroxyl groups excluding tert-OH is 1. The summed E-state index contributed by atoms with van der Waals surface area (Å²) >= 11 is 0. The molecule has 0 saturated heterocycles. The first-order valence-corrected chi connectivity index (χ1v) is 5.71. The van der Waals surface area contributed by atoms with Gasteiger partial charge < -0.3 is 14.0 Å². The van der Waals surface area contributed by atoms with Crippen LogP contribution in [0.4, 0.5) is 0 Å². The number of rotatable bonds is 5. The van der Waals surface area contributed by atoms with Gasteiger partial charge >= 0.3 is 0 Å². The molecule has 0 fully saturated rings. The third kappa shape index (κ3) is 2.60. The van der Waals surface area contributed by atoms with Gasteiger partial charge in [-0.3, -0.25) is 4.90 Å². The Labute approximate surface area is 105 Å². The fourth-order valence-corrected chi connectivity index (χ4v) is 1.36. The molecule has 0 aliphatic rings. The Morgan fingerprint density at radius 3 is 2.83 bits per heavy atom. The zero-order valence-electron chi connectivity index (χ0n) is 10.8. The summed E-state index contributed by atoms with van der Waals surface area (Å²) < 4.78 is 10.3. The van der Waals surface area contributed by atoms with Crippen LogP contribution in [0.5, 0.6) is 0 Å². The van der Waals surface area contributed by atoms with Crippen molar-refractivity contribution < 1.29 is 14.0 Å². The quantitative estimate of drug-likeness (QED) is 0.868. The second-order valence-corrected chi connectivity index (χ2v) is 4.82. The largest absolute Gasteiger partial charge is 0.461 e. The molecule has 6 nitrogen and oxygen atoms in total. The van der Waals surface area contributed by atoms with Crippen LogP contribution in [0.1, 0.15) is 19.7 Å². The molecule has 0 saturated carbocycles. The molecule has 0 radical (unpaired) electrons. The third-order valence-electron chi connectivity index (χ3n) is 3.00. The van der Waals surface area contributed by atoms with E-state index in [9.17, 15) is 5.11 Å². The van der Waals surface area contributed by atoms with Crippen LogP contribution >= 0.6 is 0 Å². The van der Waals surface area contributed by atoms with E-state index >= 15 is 0 Å². The number of likely N-dealkylation sites (N-methyl/N-ethyl adjacent to an activating group) is 1. The maximum atomic E-state index is 9.27. The van der Waals surface area contributed by atoms with Crippen LogP contribution in [0.3, 0.4) is 0 Å². The first-order valence-electron chi connectivity index (χ1n) is 5.71. The number of furan rings is 1. The Bertz CT molecular complexity index is 490. The van der Waals surface area contributed by atoms with E-state index in [1.54, 1.807) is 18.4 Å². The first-order chi connectivity index (χ1) is 8.53. The molecule has 0 aromatic carbocycles. The summed E-state index contributed by atoms with van der Waals surface area (Å²) in [7, 11) is 1.90. The molecule has 0 amide bonds. The van der Waals surface area contributed by atoms with E-state index in [4.69, 9.17) is 8.94 Å². The highest BCUT2D eigenvalue weighted by molar-refractivity contribution is 5.44. The van der Waals surface area contributed by atoms with Gasteiger partial charge in [0.05, 0.1) is 19.4 Å². The Hall–Kier alpha value is -1.66. The van der Waals surface area contributed by atoms with Gasteiger partial charge in [0.25, 0.3) is 0 Å². The Kier molecular flexibility index (Phi) is 3.49. The molecule has 2 heterocycles. The number of aliphatic hydroxyl groups is 1. The standard InChI is InChI=1S/C12H17N3O3/c1-12(2,8-16)15(3)7-10-13-11(14-18-10)9-5-4-6-17-9/h4-6,16H,7-8H2,1-3H3. The number of nitrogens with zero attached hydrogens (tertiary/aromatic N) is 3. The minimum Gasteiger partial charge on any atom is -0.461 e. The van der Waals surface area contributed by atoms with Crippen molar-refractivity contribution >= 4 is 0 Å². The van der Waals surface area contributed by atoms with Crippen molar-refractivity contribution in [1.82, 2.24) is 15.0 Å². The highest BCUT2D eigenvalue weighted by atomic mass is 16.5. The summed E-state index contributed by atoms with van der Waals surface area (Å²) in [5, 5.41) is 13.1. The fourth-order valence-electron chi connectivity index (χ4n) is 1.36. The number of hydrogen-bond acceptors (Lipinski definition) is 6. The third-order valence-corrected chi connectivity index (χ3v) is 3.00. The molecule has 0 aliphatic carbocycles. The van der Waals surface area contributed by atoms with Crippen molar-refractivity contribution in [2.45, 2.75) is 25.9 Å². The van der Waals surface area contributed by atoms with Gasteiger partial charge in [-0.15, -0.1) is 0 Å². The first kappa shape index (κ1) is 12.8. The zero-order valence-corrected chi connectivity index (χ0v) is 10.8. The maximum Gasteiger partial charge on any atom is 0.241 e. The molecule has 98 valence electrons. The number of aromatic nitrogens is 2. The van der Waals surface area contributed by atoms with Crippen LogP contribution in [0.15, 0.2) is 27.3 Å². The molecule has 6 heteroatoms. The average Bonchev–Trinajstić information content (AvgIpc) is 2.98. The van der Waals surface area contributed by atoms with Gasteiger partial charge in [-0.05, 0) is 33.0 Å². The van der Waals surface area contributed by atoms with Crippen LogP contribution in [0.25, 0.3) is 11.6 Å². The summed E-state index contributed by atoms with van der Waals surface area (Å²) in [5.41, 5.74) is -0.334. The highest BCUT2D eigenvalue weighted by Gasteiger charge is 2.24. The van der Waals surface area contributed by atoms with Crippen molar-refractivity contribution in [3.63, 3.8) is 0 Å². The second-order valence-electron chi connectivity index (χ2n) is 4.82. The molecule has 0 unspecified atom stereocenters. The van der Waals surface area contributed by atoms with Crippen LogP contribution in [0, 0.1) is 0 Å². The van der Waals surface area contributed by atoms with Gasteiger partial charge in [-0.25, -0.2) is 0 Å². The molecule has 2 aromatic heterocycles. The molecule has 0 atom stereocenters. The van der Waals surface area contributed by atoms with Crippen molar-refractivity contribution in [1.29, 1.82) is 0 Å². The van der Waals surface area contributed by atoms with E-state index in [1.807, 2.05) is 25.8 Å². The van der Waals surface area contributed by atoms with Gasteiger partial charge in [0.2, 0.25) is 11.7 Å². The second kappa shape index (κ2) is 4.91. The summed E-state index contributed by atoms with van der Waals surface area (Å²) in [6, 6.07) is 3.54. The lowest BCUT2D eigenvalue weighted by Gasteiger charge is -2.32. The van der Waals surface area contributed by atoms with Crippen molar-refractivity contribution in [2.24, 2.45) is 0 Å². The zero-order chi connectivity index (χ0) is 13.2. The summed E-state index contributed by atoms with van der Waals surface area (Å²) in [4.78, 5) is 6.20. The lowest BCUT2D eigenvalue weighted by molar-refractivity contribution is 0.0652. The van der Waals surface area contributed by atoms with E-state index in [1.165, 1.54) is 0 Å². The smallest absolute Gasteiger partial charge is 0.241 e. The minimum absolute atomic E-state index is 0.0582. The normalized spacial score (nSPS) is 12.3. The molecular weight excluding hydrogens is 234 g/mol. The number of hydrogen-bond donors (Lipinski definition) is 1. The molecular formula is C12H17N3O3. The van der Waals surface area contributed by atoms with Crippen LogP contribution in [-0.4, -0.2) is 39.3 Å². The lowest BCUT2D eigenvalue weighted by Crippen LogP contribution is -2.43. The van der Waals surface area contributed by atoms with Gasteiger partial charge in [-0.1, -0.05) is 5.16 Å². The van der Waals surface area contributed by atoms with Crippen molar-refractivity contribution in [3.05, 3.63) is 24.3 Å². The molecule has 1 N–H and O–H groups in total. The van der Waals surface area contributed by atoms with E-state index in [0.717, 1.165) is 0 Å². The van der Waals surface area contributed by atoms with Crippen molar-refractivity contribution in [3.8, 4) is 11.6 Å². The Morgan fingerprint density at radius 1 is 1.44 bits per heavy atom. The van der Waals surface area contributed by atoms with Gasteiger partial charge in [-0.2, -0.15) is 4.98 Å². The van der Waals surface area contributed by atoms with Crippen LogP contribution in [-0.2, 0) is 6.54 Å². The van der Waals surface area contributed by atoms with E-state index in [0.29, 0.717) is 24.0 Å². The highest BCUT2D eigenvalue weighted by Crippen LogP contribution is 2.18.